The number of nitrogens with zero attached hydrogens (tertiary/aromatic N) is 2. The fraction of sp³-hybridized carbons (Fsp3) is 0.136. The van der Waals surface area contributed by atoms with Gasteiger partial charge in [0.25, 0.3) is 0 Å². The zero-order valence-corrected chi connectivity index (χ0v) is 17.5. The van der Waals surface area contributed by atoms with Crippen molar-refractivity contribution in [3.8, 4) is 28.8 Å². The fourth-order valence-electron chi connectivity index (χ4n) is 2.68. The molecule has 0 radical (unpaired) electrons. The lowest BCUT2D eigenvalue weighted by atomic mass is 10.1. The first-order valence-electron chi connectivity index (χ1n) is 8.96. The molecule has 0 atom stereocenters. The number of hydrogen-bond acceptors (Lipinski definition) is 7. The predicted molar refractivity (Wildman–Crippen MR) is 119 cm³/mol. The first-order valence-corrected chi connectivity index (χ1v) is 9.84. The minimum absolute atomic E-state index is 0.128. The van der Waals surface area contributed by atoms with Crippen molar-refractivity contribution in [2.45, 2.75) is 6.92 Å². The molecular formula is C22H20N4O3S. The molecule has 0 saturated heterocycles. The third-order valence-corrected chi connectivity index (χ3v) is 5.00. The van der Waals surface area contributed by atoms with E-state index in [0.29, 0.717) is 27.8 Å². The Balaban J connectivity index is 1.77. The van der Waals surface area contributed by atoms with Crippen LogP contribution in [0.25, 0.3) is 16.8 Å². The Morgan fingerprint density at radius 1 is 1.10 bits per heavy atom. The summed E-state index contributed by atoms with van der Waals surface area (Å²) in [4.78, 5) is 15.7. The van der Waals surface area contributed by atoms with Crippen LogP contribution in [-0.4, -0.2) is 25.1 Å². The highest BCUT2D eigenvalue weighted by Gasteiger charge is 2.12. The Morgan fingerprint density at radius 2 is 1.80 bits per heavy atom. The number of amides is 1. The average Bonchev–Trinajstić information content (AvgIpc) is 3.24. The molecule has 7 nitrogen and oxygen atoms in total. The molecule has 152 valence electrons. The number of allylic oxidation sites excluding steroid dienone is 1. The van der Waals surface area contributed by atoms with E-state index in [4.69, 9.17) is 9.47 Å². The fourth-order valence-corrected chi connectivity index (χ4v) is 3.47. The van der Waals surface area contributed by atoms with Crippen molar-refractivity contribution in [1.29, 1.82) is 5.26 Å². The van der Waals surface area contributed by atoms with Crippen molar-refractivity contribution in [2.24, 2.45) is 0 Å². The van der Waals surface area contributed by atoms with Crippen LogP contribution in [0.3, 0.4) is 0 Å². The van der Waals surface area contributed by atoms with Crippen LogP contribution in [0.15, 0.2) is 54.0 Å². The van der Waals surface area contributed by atoms with Crippen LogP contribution in [0.1, 0.15) is 11.9 Å². The number of anilines is 2. The van der Waals surface area contributed by atoms with Crippen LogP contribution in [-0.2, 0) is 4.79 Å². The molecule has 0 unspecified atom stereocenters. The molecule has 1 heterocycles. The number of methoxy groups -OCH3 is 2. The Hall–Kier alpha value is -3.83. The Labute approximate surface area is 178 Å². The number of nitriles is 1. The molecule has 0 bridgehead atoms. The zero-order chi connectivity index (χ0) is 21.5. The molecule has 0 saturated carbocycles. The van der Waals surface area contributed by atoms with Crippen molar-refractivity contribution in [3.05, 3.63) is 59.1 Å². The molecule has 30 heavy (non-hydrogen) atoms. The van der Waals surface area contributed by atoms with E-state index in [2.05, 4.69) is 21.7 Å². The van der Waals surface area contributed by atoms with Crippen LogP contribution in [0.5, 0.6) is 11.5 Å². The average molecular weight is 420 g/mol. The van der Waals surface area contributed by atoms with Crippen LogP contribution < -0.4 is 20.1 Å². The van der Waals surface area contributed by atoms with E-state index in [-0.39, 0.29) is 5.91 Å². The summed E-state index contributed by atoms with van der Waals surface area (Å²) in [5, 5.41) is 17.8. The van der Waals surface area contributed by atoms with Crippen LogP contribution in [0.4, 0.5) is 11.4 Å². The lowest BCUT2D eigenvalue weighted by Gasteiger charge is -2.08. The number of hydrogen-bond donors (Lipinski definition) is 2. The smallest absolute Gasteiger partial charge is 0.221 e. The second-order valence-electron chi connectivity index (χ2n) is 6.18. The van der Waals surface area contributed by atoms with Gasteiger partial charge in [0.2, 0.25) is 5.91 Å². The number of thiazole rings is 1. The lowest BCUT2D eigenvalue weighted by molar-refractivity contribution is -0.114. The summed E-state index contributed by atoms with van der Waals surface area (Å²) in [6.07, 6.45) is 1.62. The van der Waals surface area contributed by atoms with E-state index in [1.165, 1.54) is 18.3 Å². The number of benzene rings is 2. The number of aromatic nitrogens is 1. The van der Waals surface area contributed by atoms with Gasteiger partial charge in [-0.25, -0.2) is 4.98 Å². The molecule has 2 N–H and O–H groups in total. The highest BCUT2D eigenvalue weighted by atomic mass is 32.1. The summed E-state index contributed by atoms with van der Waals surface area (Å²) in [6, 6.07) is 14.9. The van der Waals surface area contributed by atoms with E-state index in [9.17, 15) is 10.1 Å². The van der Waals surface area contributed by atoms with Gasteiger partial charge >= 0.3 is 0 Å². The number of carbonyl (C=O) groups is 1. The van der Waals surface area contributed by atoms with Gasteiger partial charge in [-0.2, -0.15) is 5.26 Å². The van der Waals surface area contributed by atoms with Crippen LogP contribution in [0.2, 0.25) is 0 Å². The van der Waals surface area contributed by atoms with Crippen LogP contribution >= 0.6 is 11.3 Å². The standard InChI is InChI=1S/C22H20N4O3S/c1-14(27)25-18-7-5-17(6-8-18)24-12-16(11-23)22-26-19(13-30-22)15-4-9-20(28-2)21(10-15)29-3/h4-10,12-13,24H,1-3H3,(H,25,27)/b16-12+. The summed E-state index contributed by atoms with van der Waals surface area (Å²) in [7, 11) is 3.17. The highest BCUT2D eigenvalue weighted by Crippen LogP contribution is 2.33. The Bertz CT molecular complexity index is 1110. The normalized spacial score (nSPS) is 10.8. The number of carbonyl (C=O) groups excluding carboxylic acids is 1. The Kier molecular flexibility index (Phi) is 6.67. The zero-order valence-electron chi connectivity index (χ0n) is 16.7. The largest absolute Gasteiger partial charge is 0.493 e. The molecule has 0 fully saturated rings. The molecule has 0 aliphatic rings. The van der Waals surface area contributed by atoms with E-state index in [1.807, 2.05) is 35.7 Å². The summed E-state index contributed by atoms with van der Waals surface area (Å²) in [5.74, 6) is 1.13. The van der Waals surface area contributed by atoms with E-state index in [0.717, 1.165) is 16.9 Å². The van der Waals surface area contributed by atoms with Crippen molar-refractivity contribution >= 4 is 34.2 Å². The van der Waals surface area contributed by atoms with Gasteiger partial charge in [-0.1, -0.05) is 0 Å². The molecule has 3 rings (SSSR count). The first-order chi connectivity index (χ1) is 14.5. The third kappa shape index (κ3) is 4.96. The van der Waals surface area contributed by atoms with Crippen molar-refractivity contribution in [1.82, 2.24) is 4.98 Å². The minimum atomic E-state index is -0.128. The molecule has 0 aliphatic heterocycles. The molecule has 1 amide bonds. The quantitative estimate of drug-likeness (QED) is 0.535. The third-order valence-electron chi connectivity index (χ3n) is 4.12. The predicted octanol–water partition coefficient (Wildman–Crippen LogP) is 4.76. The van der Waals surface area contributed by atoms with Gasteiger partial charge in [0, 0.05) is 35.4 Å². The number of nitrogens with one attached hydrogen (secondary N) is 2. The van der Waals surface area contributed by atoms with Gasteiger partial charge in [0.15, 0.2) is 11.5 Å². The topological polar surface area (TPSA) is 96.3 Å². The van der Waals surface area contributed by atoms with Gasteiger partial charge in [0.1, 0.15) is 16.6 Å². The van der Waals surface area contributed by atoms with Gasteiger partial charge in [0.05, 0.1) is 19.9 Å². The van der Waals surface area contributed by atoms with Gasteiger partial charge in [-0.3, -0.25) is 4.79 Å². The molecule has 8 heteroatoms. The maximum atomic E-state index is 11.1. The lowest BCUT2D eigenvalue weighted by Crippen LogP contribution is -2.05. The van der Waals surface area contributed by atoms with Crippen molar-refractivity contribution < 1.29 is 14.3 Å². The van der Waals surface area contributed by atoms with Gasteiger partial charge in [-0.05, 0) is 42.5 Å². The number of rotatable bonds is 7. The second-order valence-corrected chi connectivity index (χ2v) is 7.04. The summed E-state index contributed by atoms with van der Waals surface area (Å²) in [6.45, 7) is 1.46. The van der Waals surface area contributed by atoms with Crippen LogP contribution in [0, 0.1) is 11.3 Å². The maximum Gasteiger partial charge on any atom is 0.221 e. The van der Waals surface area contributed by atoms with Gasteiger partial charge in [-0.15, -0.1) is 11.3 Å². The molecule has 2 aromatic carbocycles. The van der Waals surface area contributed by atoms with Crippen molar-refractivity contribution in [2.75, 3.05) is 24.9 Å². The molecule has 1 aromatic heterocycles. The van der Waals surface area contributed by atoms with E-state index < -0.39 is 0 Å². The summed E-state index contributed by atoms with van der Waals surface area (Å²) in [5.41, 5.74) is 3.52. The molecule has 0 aliphatic carbocycles. The summed E-state index contributed by atoms with van der Waals surface area (Å²) >= 11 is 1.38. The van der Waals surface area contributed by atoms with Crippen molar-refractivity contribution in [3.63, 3.8) is 0 Å². The monoisotopic (exact) mass is 420 g/mol. The second kappa shape index (κ2) is 9.58. The molecular weight excluding hydrogens is 400 g/mol. The first kappa shape index (κ1) is 20.9. The SMILES string of the molecule is COc1ccc(-c2csc(/C(C#N)=C/Nc3ccc(NC(C)=O)cc3)n2)cc1OC. The molecule has 0 spiro atoms. The maximum absolute atomic E-state index is 11.1. The summed E-state index contributed by atoms with van der Waals surface area (Å²) < 4.78 is 10.6. The minimum Gasteiger partial charge on any atom is -0.493 e. The van der Waals surface area contributed by atoms with E-state index in [1.54, 1.807) is 32.6 Å². The number of ether oxygens (including phenoxy) is 2. The van der Waals surface area contributed by atoms with E-state index >= 15 is 0 Å². The highest BCUT2D eigenvalue weighted by molar-refractivity contribution is 7.11. The molecule has 3 aromatic rings. The Morgan fingerprint density at radius 3 is 2.43 bits per heavy atom. The van der Waals surface area contributed by atoms with Gasteiger partial charge < -0.3 is 20.1 Å².